The molecule has 0 aliphatic rings. The van der Waals surface area contributed by atoms with Gasteiger partial charge in [-0.25, -0.2) is 9.97 Å². The predicted molar refractivity (Wildman–Crippen MR) is 210 cm³/mol. The molecule has 0 fully saturated rings. The number of pyridine rings is 1. The van der Waals surface area contributed by atoms with Crippen LogP contribution in [0, 0.1) is 0 Å². The Balaban J connectivity index is 1.16. The highest BCUT2D eigenvalue weighted by Crippen LogP contribution is 2.35. The fourth-order valence-corrected chi connectivity index (χ4v) is 7.08. The molecule has 0 saturated heterocycles. The Hall–Kier alpha value is -7.18. The fraction of sp³-hybridized carbons (Fsp3) is 0. The highest BCUT2D eigenvalue weighted by atomic mass is 15.2. The Morgan fingerprint density at radius 3 is 1.73 bits per heavy atom. The zero-order valence-electron chi connectivity index (χ0n) is 28.0. The van der Waals surface area contributed by atoms with Crippen LogP contribution < -0.4 is 0 Å². The van der Waals surface area contributed by atoms with E-state index in [0.717, 1.165) is 61.0 Å². The van der Waals surface area contributed by atoms with Crippen molar-refractivity contribution in [3.05, 3.63) is 182 Å². The number of benzene rings is 6. The van der Waals surface area contributed by atoms with Crippen LogP contribution >= 0.6 is 0 Å². The lowest BCUT2D eigenvalue weighted by molar-refractivity contribution is 0.953. The molecule has 0 unspecified atom stereocenters. The van der Waals surface area contributed by atoms with Crippen LogP contribution in [0.3, 0.4) is 0 Å². The van der Waals surface area contributed by atoms with E-state index < -0.39 is 0 Å². The summed E-state index contributed by atoms with van der Waals surface area (Å²) in [6.45, 7) is 0. The van der Waals surface area contributed by atoms with Crippen LogP contribution in [0.2, 0.25) is 0 Å². The van der Waals surface area contributed by atoms with Gasteiger partial charge in [0.25, 0.3) is 0 Å². The monoisotopic (exact) mass is 666 g/mol. The van der Waals surface area contributed by atoms with Gasteiger partial charge in [-0.1, -0.05) is 133 Å². The van der Waals surface area contributed by atoms with Crippen LogP contribution in [0.25, 0.3) is 89.7 Å². The molecule has 0 atom stereocenters. The quantitative estimate of drug-likeness (QED) is 0.177. The summed E-state index contributed by atoms with van der Waals surface area (Å²) >= 11 is 0. The largest absolute Gasteiger partial charge is 0.306 e. The van der Waals surface area contributed by atoms with E-state index in [0.29, 0.717) is 17.6 Å². The van der Waals surface area contributed by atoms with Crippen LogP contribution in [0.1, 0.15) is 0 Å². The van der Waals surface area contributed by atoms with Crippen LogP contribution in [0.4, 0.5) is 0 Å². The standard InChI is InChI=1S/C46H30N6/c1-3-13-31(14-4-1)33-17-11-18-34(27-33)35-19-12-20-37(28-35)45-48-44(32-15-5-2-6-16-32)49-46(50-45)52-41-22-8-7-21-38(41)39-25-24-36(29-42(39)52)40-30-51-26-10-9-23-43(51)47-40/h1-30H. The van der Waals surface area contributed by atoms with Gasteiger partial charge in [-0.2, -0.15) is 9.97 Å². The maximum Gasteiger partial charge on any atom is 0.238 e. The van der Waals surface area contributed by atoms with Crippen molar-refractivity contribution >= 4 is 27.5 Å². The molecule has 244 valence electrons. The van der Waals surface area contributed by atoms with Gasteiger partial charge in [-0.3, -0.25) is 4.57 Å². The third kappa shape index (κ3) is 5.22. The third-order valence-corrected chi connectivity index (χ3v) is 9.61. The van der Waals surface area contributed by atoms with Gasteiger partial charge in [0.2, 0.25) is 5.95 Å². The summed E-state index contributed by atoms with van der Waals surface area (Å²) in [4.78, 5) is 20.4. The minimum Gasteiger partial charge on any atom is -0.306 e. The molecular weight excluding hydrogens is 637 g/mol. The van der Waals surface area contributed by atoms with E-state index in [1.807, 2.05) is 65.2 Å². The van der Waals surface area contributed by atoms with Crippen LogP contribution in [-0.2, 0) is 0 Å². The van der Waals surface area contributed by atoms with Crippen molar-refractivity contribution in [2.45, 2.75) is 0 Å². The van der Waals surface area contributed by atoms with E-state index in [1.165, 1.54) is 11.1 Å². The second-order valence-electron chi connectivity index (χ2n) is 12.9. The van der Waals surface area contributed by atoms with E-state index in [-0.39, 0.29) is 0 Å². The van der Waals surface area contributed by atoms with Crippen molar-refractivity contribution in [1.29, 1.82) is 0 Å². The number of nitrogens with zero attached hydrogens (tertiary/aromatic N) is 6. The Morgan fingerprint density at radius 1 is 0.365 bits per heavy atom. The maximum atomic E-state index is 5.23. The summed E-state index contributed by atoms with van der Waals surface area (Å²) in [7, 11) is 0. The zero-order chi connectivity index (χ0) is 34.4. The minimum atomic E-state index is 0.554. The normalized spacial score (nSPS) is 11.5. The fourth-order valence-electron chi connectivity index (χ4n) is 7.08. The first-order chi connectivity index (χ1) is 25.7. The first-order valence-electron chi connectivity index (χ1n) is 17.3. The van der Waals surface area contributed by atoms with Gasteiger partial charge in [-0.15, -0.1) is 0 Å². The number of imidazole rings is 1. The molecule has 4 heterocycles. The molecule has 4 aromatic heterocycles. The van der Waals surface area contributed by atoms with Crippen LogP contribution in [0.15, 0.2) is 182 Å². The van der Waals surface area contributed by atoms with E-state index in [2.05, 4.69) is 126 Å². The maximum absolute atomic E-state index is 5.23. The first-order valence-corrected chi connectivity index (χ1v) is 17.3. The van der Waals surface area contributed by atoms with Gasteiger partial charge in [0, 0.05) is 39.9 Å². The Morgan fingerprint density at radius 2 is 0.962 bits per heavy atom. The molecule has 0 aliphatic heterocycles. The highest BCUT2D eigenvalue weighted by Gasteiger charge is 2.19. The molecule has 0 bridgehead atoms. The van der Waals surface area contributed by atoms with Crippen molar-refractivity contribution in [1.82, 2.24) is 28.9 Å². The molecule has 0 radical (unpaired) electrons. The molecular formula is C46H30N6. The lowest BCUT2D eigenvalue weighted by Crippen LogP contribution is -2.06. The van der Waals surface area contributed by atoms with Gasteiger partial charge in [0.15, 0.2) is 11.6 Å². The van der Waals surface area contributed by atoms with E-state index in [9.17, 15) is 0 Å². The molecule has 6 nitrogen and oxygen atoms in total. The molecule has 0 spiro atoms. The summed E-state index contributed by atoms with van der Waals surface area (Å²) in [6.07, 6.45) is 4.09. The highest BCUT2D eigenvalue weighted by molar-refractivity contribution is 6.10. The van der Waals surface area contributed by atoms with Crippen LogP contribution in [-0.4, -0.2) is 28.9 Å². The van der Waals surface area contributed by atoms with E-state index in [1.54, 1.807) is 0 Å². The summed E-state index contributed by atoms with van der Waals surface area (Å²) in [6, 6.07) is 58.7. The topological polar surface area (TPSA) is 60.9 Å². The predicted octanol–water partition coefficient (Wildman–Crippen LogP) is 11.0. The lowest BCUT2D eigenvalue weighted by atomic mass is 9.98. The van der Waals surface area contributed by atoms with Crippen molar-refractivity contribution < 1.29 is 0 Å². The number of para-hydroxylation sites is 1. The Labute approximate surface area is 300 Å². The summed E-state index contributed by atoms with van der Waals surface area (Å²) in [5, 5.41) is 2.24. The first kappa shape index (κ1) is 29.7. The van der Waals surface area contributed by atoms with Crippen molar-refractivity contribution in [3.8, 4) is 62.2 Å². The zero-order valence-corrected chi connectivity index (χ0v) is 28.0. The second-order valence-corrected chi connectivity index (χ2v) is 12.9. The average Bonchev–Trinajstić information content (AvgIpc) is 3.81. The summed E-state index contributed by atoms with van der Waals surface area (Å²) in [5.74, 6) is 1.77. The smallest absolute Gasteiger partial charge is 0.238 e. The average molecular weight is 667 g/mol. The van der Waals surface area contributed by atoms with E-state index in [4.69, 9.17) is 19.9 Å². The lowest BCUT2D eigenvalue weighted by Gasteiger charge is -2.12. The third-order valence-electron chi connectivity index (χ3n) is 9.61. The van der Waals surface area contributed by atoms with Crippen molar-refractivity contribution in [2.75, 3.05) is 0 Å². The molecule has 10 rings (SSSR count). The Bertz CT molecular complexity index is 2870. The molecule has 6 aromatic carbocycles. The SMILES string of the molecule is c1ccc(-c2cccc(-c3cccc(-c4nc(-c5ccccc5)nc(-n5c6ccccc6c6ccc(-c7cn8ccccc8n7)cc65)n4)c3)c2)cc1. The number of rotatable bonds is 6. The van der Waals surface area contributed by atoms with Gasteiger partial charge >= 0.3 is 0 Å². The molecule has 52 heavy (non-hydrogen) atoms. The summed E-state index contributed by atoms with van der Waals surface area (Å²) in [5.41, 5.74) is 11.3. The Kier molecular flexibility index (Phi) is 7.03. The molecule has 0 aliphatic carbocycles. The number of aromatic nitrogens is 6. The van der Waals surface area contributed by atoms with Gasteiger partial charge in [0.05, 0.1) is 16.7 Å². The number of hydrogen-bond donors (Lipinski definition) is 0. The van der Waals surface area contributed by atoms with E-state index >= 15 is 0 Å². The van der Waals surface area contributed by atoms with Crippen LogP contribution in [0.5, 0.6) is 0 Å². The molecule has 6 heteroatoms. The van der Waals surface area contributed by atoms with Gasteiger partial charge in [-0.05, 0) is 58.7 Å². The van der Waals surface area contributed by atoms with Crippen molar-refractivity contribution in [2.24, 2.45) is 0 Å². The molecule has 0 N–H and O–H groups in total. The molecule has 0 saturated carbocycles. The molecule has 0 amide bonds. The van der Waals surface area contributed by atoms with Crippen molar-refractivity contribution in [3.63, 3.8) is 0 Å². The number of hydrogen-bond acceptors (Lipinski definition) is 4. The minimum absolute atomic E-state index is 0.554. The van der Waals surface area contributed by atoms with Gasteiger partial charge < -0.3 is 4.40 Å². The number of fused-ring (bicyclic) bond motifs is 4. The second kappa shape index (κ2) is 12.3. The van der Waals surface area contributed by atoms with Gasteiger partial charge in [0.1, 0.15) is 5.65 Å². The molecule has 10 aromatic rings. The summed E-state index contributed by atoms with van der Waals surface area (Å²) < 4.78 is 4.21.